The van der Waals surface area contributed by atoms with Crippen LogP contribution < -0.4 is 5.32 Å². The predicted octanol–water partition coefficient (Wildman–Crippen LogP) is 8.03. The van der Waals surface area contributed by atoms with E-state index < -0.39 is 68.2 Å². The number of alkyl halides is 9. The first kappa shape index (κ1) is 28.1. The molecular weight excluding hydrogens is 552 g/mol. The molecule has 0 spiro atoms. The van der Waals surface area contributed by atoms with Gasteiger partial charge >= 0.3 is 18.5 Å². The first-order valence-electron chi connectivity index (χ1n) is 10.2. The van der Waals surface area contributed by atoms with E-state index in [0.717, 1.165) is 0 Å². The van der Waals surface area contributed by atoms with Gasteiger partial charge in [0.25, 0.3) is 0 Å². The summed E-state index contributed by atoms with van der Waals surface area (Å²) in [6.45, 7) is 3.83. The fraction of sp³-hybridized carbons (Fsp3) is 0.450. The van der Waals surface area contributed by atoms with Gasteiger partial charge in [-0.25, -0.2) is 14.6 Å². The van der Waals surface area contributed by atoms with Gasteiger partial charge < -0.3 is 5.32 Å². The Bertz CT molecular complexity index is 1240. The van der Waals surface area contributed by atoms with E-state index in [1.807, 2.05) is 13.8 Å². The van der Waals surface area contributed by atoms with Gasteiger partial charge in [0.15, 0.2) is 11.3 Å². The van der Waals surface area contributed by atoms with E-state index >= 15 is 0 Å². The van der Waals surface area contributed by atoms with Gasteiger partial charge in [0.05, 0.1) is 21.0 Å². The second-order valence-corrected chi connectivity index (χ2v) is 8.91. The van der Waals surface area contributed by atoms with Crippen molar-refractivity contribution >= 4 is 40.1 Å². The van der Waals surface area contributed by atoms with E-state index in [9.17, 15) is 39.5 Å². The lowest BCUT2D eigenvalue weighted by molar-refractivity contribution is -0.151. The van der Waals surface area contributed by atoms with Crippen LogP contribution in [0.2, 0.25) is 10.0 Å². The number of fused-ring (bicyclic) bond motifs is 1. The van der Waals surface area contributed by atoms with E-state index in [-0.39, 0.29) is 12.5 Å². The topological polar surface area (TPSA) is 55.6 Å². The fourth-order valence-corrected chi connectivity index (χ4v) is 3.94. The smallest absolute Gasteiger partial charge is 0.369 e. The third-order valence-electron chi connectivity index (χ3n) is 4.86. The summed E-state index contributed by atoms with van der Waals surface area (Å²) in [5.74, 6) is -2.39. The van der Waals surface area contributed by atoms with Gasteiger partial charge in [0.2, 0.25) is 5.82 Å². The zero-order valence-electron chi connectivity index (χ0n) is 18.3. The van der Waals surface area contributed by atoms with E-state index in [0.29, 0.717) is 29.7 Å². The van der Waals surface area contributed by atoms with Crippen molar-refractivity contribution in [1.29, 1.82) is 0 Å². The van der Waals surface area contributed by atoms with Crippen LogP contribution in [0.25, 0.3) is 16.7 Å². The van der Waals surface area contributed by atoms with Crippen LogP contribution in [0.5, 0.6) is 0 Å². The maximum atomic E-state index is 13.8. The molecule has 0 atom stereocenters. The third-order valence-corrected chi connectivity index (χ3v) is 5.44. The van der Waals surface area contributed by atoms with Gasteiger partial charge in [-0.1, -0.05) is 37.0 Å². The second kappa shape index (κ2) is 9.77. The van der Waals surface area contributed by atoms with E-state index in [4.69, 9.17) is 23.2 Å². The summed E-state index contributed by atoms with van der Waals surface area (Å²) in [6.07, 6.45) is -14.5. The van der Waals surface area contributed by atoms with Gasteiger partial charge in [-0.2, -0.15) is 39.5 Å². The van der Waals surface area contributed by atoms with Crippen LogP contribution in [0, 0.1) is 5.92 Å². The maximum Gasteiger partial charge on any atom is 0.451 e. The van der Waals surface area contributed by atoms with Crippen molar-refractivity contribution in [1.82, 2.24) is 19.7 Å². The molecule has 0 aliphatic carbocycles. The molecule has 0 unspecified atom stereocenters. The largest absolute Gasteiger partial charge is 0.451 e. The Balaban J connectivity index is 2.34. The number of nitrogens with zero attached hydrogens (tertiary/aromatic N) is 4. The number of hydrogen-bond donors (Lipinski definition) is 1. The molecule has 0 bridgehead atoms. The SMILES string of the molecule is CC(C)CCCNc1c2c(C(F)(F)F)nc(C(F)(F)F)nc2nn1-c1c(Cl)cc(C(F)(F)F)cc1Cl. The number of benzene rings is 1. The highest BCUT2D eigenvalue weighted by Crippen LogP contribution is 2.43. The molecular formula is C20H16Cl2F9N5. The van der Waals surface area contributed by atoms with Crippen molar-refractivity contribution in [2.75, 3.05) is 11.9 Å². The van der Waals surface area contributed by atoms with Gasteiger partial charge in [-0.15, -0.1) is 5.10 Å². The van der Waals surface area contributed by atoms with Crippen LogP contribution in [0.1, 0.15) is 43.8 Å². The fourth-order valence-electron chi connectivity index (χ4n) is 3.30. The van der Waals surface area contributed by atoms with E-state index in [2.05, 4.69) is 20.4 Å². The number of nitrogens with one attached hydrogen (secondary N) is 1. The molecule has 0 amide bonds. The number of hydrogen-bond acceptors (Lipinski definition) is 4. The first-order chi connectivity index (χ1) is 16.4. The highest BCUT2D eigenvalue weighted by molar-refractivity contribution is 6.38. The minimum atomic E-state index is -5.36. The molecule has 2 aromatic heterocycles. The Kier molecular flexibility index (Phi) is 7.62. The monoisotopic (exact) mass is 567 g/mol. The lowest BCUT2D eigenvalue weighted by Gasteiger charge is -2.16. The van der Waals surface area contributed by atoms with Gasteiger partial charge in [0, 0.05) is 6.54 Å². The van der Waals surface area contributed by atoms with Crippen LogP contribution >= 0.6 is 23.2 Å². The average molecular weight is 568 g/mol. The summed E-state index contributed by atoms with van der Waals surface area (Å²) in [7, 11) is 0. The van der Waals surface area contributed by atoms with Gasteiger partial charge in [0.1, 0.15) is 11.5 Å². The second-order valence-electron chi connectivity index (χ2n) is 8.10. The Morgan fingerprint density at radius 3 is 1.94 bits per heavy atom. The summed E-state index contributed by atoms with van der Waals surface area (Å²) in [6, 6.07) is 0.935. The quantitative estimate of drug-likeness (QED) is 0.242. The normalized spacial score (nSPS) is 13.2. The number of anilines is 1. The molecule has 0 saturated heterocycles. The summed E-state index contributed by atoms with van der Waals surface area (Å²) in [5.41, 5.74) is -4.68. The predicted molar refractivity (Wildman–Crippen MR) is 114 cm³/mol. The van der Waals surface area contributed by atoms with Crippen molar-refractivity contribution < 1.29 is 39.5 Å². The molecule has 3 rings (SSSR count). The highest BCUT2D eigenvalue weighted by Gasteiger charge is 2.43. The highest BCUT2D eigenvalue weighted by atomic mass is 35.5. The van der Waals surface area contributed by atoms with Crippen LogP contribution in [0.4, 0.5) is 45.3 Å². The molecule has 3 aromatic rings. The molecule has 0 fully saturated rings. The molecule has 198 valence electrons. The lowest BCUT2D eigenvalue weighted by Crippen LogP contribution is -2.18. The van der Waals surface area contributed by atoms with Crippen LogP contribution in [-0.4, -0.2) is 26.3 Å². The molecule has 0 aliphatic heterocycles. The molecule has 0 saturated carbocycles. The summed E-state index contributed by atoms with van der Waals surface area (Å²) in [5, 5.41) is 4.12. The van der Waals surface area contributed by atoms with Crippen LogP contribution in [0.3, 0.4) is 0 Å². The Morgan fingerprint density at radius 1 is 0.889 bits per heavy atom. The molecule has 36 heavy (non-hydrogen) atoms. The summed E-state index contributed by atoms with van der Waals surface area (Å²) < 4.78 is 121. The van der Waals surface area contributed by atoms with Gasteiger partial charge in [-0.05, 0) is 30.9 Å². The summed E-state index contributed by atoms with van der Waals surface area (Å²) in [4.78, 5) is 5.82. The molecule has 1 N–H and O–H groups in total. The molecule has 0 aliphatic rings. The zero-order valence-corrected chi connectivity index (χ0v) is 19.8. The molecule has 0 radical (unpaired) electrons. The van der Waals surface area contributed by atoms with E-state index in [1.165, 1.54) is 0 Å². The summed E-state index contributed by atoms with van der Waals surface area (Å²) >= 11 is 12.0. The van der Waals surface area contributed by atoms with Crippen LogP contribution in [0.15, 0.2) is 12.1 Å². The Hall–Kier alpha value is -2.48. The van der Waals surface area contributed by atoms with Crippen molar-refractivity contribution in [3.63, 3.8) is 0 Å². The minimum Gasteiger partial charge on any atom is -0.369 e. The van der Waals surface area contributed by atoms with Crippen molar-refractivity contribution in [2.45, 2.75) is 45.2 Å². The minimum absolute atomic E-state index is 0.0349. The number of halogens is 11. The van der Waals surface area contributed by atoms with Gasteiger partial charge in [-0.3, -0.25) is 0 Å². The van der Waals surface area contributed by atoms with Crippen molar-refractivity contribution in [3.8, 4) is 5.69 Å². The first-order valence-corrected chi connectivity index (χ1v) is 10.9. The Labute approximate surface area is 207 Å². The zero-order chi connectivity index (χ0) is 27.2. The number of aromatic nitrogens is 4. The molecule has 16 heteroatoms. The van der Waals surface area contributed by atoms with E-state index in [1.54, 1.807) is 0 Å². The maximum absolute atomic E-state index is 13.8. The number of rotatable bonds is 6. The molecule has 5 nitrogen and oxygen atoms in total. The standard InChI is InChI=1S/C20H16Cl2F9N5/c1-8(2)4-3-5-32-16-12-14(19(26,27)28)33-17(20(29,30)31)34-15(12)35-36(16)13-10(21)6-9(7-11(13)22)18(23,24)25/h6-8,32H,3-5H2,1-2H3. The molecule has 1 aromatic carbocycles. The Morgan fingerprint density at radius 2 is 1.47 bits per heavy atom. The van der Waals surface area contributed by atoms with Crippen LogP contribution in [-0.2, 0) is 18.5 Å². The third kappa shape index (κ3) is 5.90. The van der Waals surface area contributed by atoms with Crippen molar-refractivity contribution in [2.24, 2.45) is 5.92 Å². The average Bonchev–Trinajstić information content (AvgIpc) is 3.05. The molecule has 2 heterocycles. The van der Waals surface area contributed by atoms with Crippen molar-refractivity contribution in [3.05, 3.63) is 39.3 Å². The lowest BCUT2D eigenvalue weighted by atomic mass is 10.1.